The van der Waals surface area contributed by atoms with Gasteiger partial charge in [0.15, 0.2) is 10.7 Å². The summed E-state index contributed by atoms with van der Waals surface area (Å²) in [6.07, 6.45) is 6.60. The molecule has 0 unspecified atom stereocenters. The maximum absolute atomic E-state index is 12.5. The van der Waals surface area contributed by atoms with Crippen molar-refractivity contribution in [1.29, 1.82) is 0 Å². The van der Waals surface area contributed by atoms with Gasteiger partial charge in [0.1, 0.15) is 0 Å². The first kappa shape index (κ1) is 15.3. The van der Waals surface area contributed by atoms with Crippen LogP contribution in [0.25, 0.3) is 11.3 Å². The number of aromatic nitrogens is 3. The van der Waals surface area contributed by atoms with Gasteiger partial charge in [-0.2, -0.15) is 5.10 Å². The van der Waals surface area contributed by atoms with E-state index in [1.54, 1.807) is 16.8 Å². The van der Waals surface area contributed by atoms with Gasteiger partial charge in [-0.05, 0) is 25.0 Å². The summed E-state index contributed by atoms with van der Waals surface area (Å²) in [5.41, 5.74) is 1.20. The molecule has 2 aliphatic rings. The molecule has 0 atom stereocenters. The molecule has 2 aromatic rings. The Labute approximate surface area is 139 Å². The molecule has 1 N–H and O–H groups in total. The molecule has 1 aliphatic carbocycles. The van der Waals surface area contributed by atoms with E-state index in [1.807, 2.05) is 0 Å². The highest BCUT2D eigenvalue weighted by Gasteiger charge is 2.38. The van der Waals surface area contributed by atoms with Crippen LogP contribution in [0.4, 0.5) is 0 Å². The molecule has 3 heterocycles. The van der Waals surface area contributed by atoms with E-state index >= 15 is 0 Å². The maximum atomic E-state index is 12.5. The molecule has 0 spiro atoms. The van der Waals surface area contributed by atoms with Crippen LogP contribution in [0.15, 0.2) is 23.4 Å². The SMILES string of the molecule is O=C(O)c1nn(C2CCCCC2)c2c1CS(=O)(=O)c1ncccc1-2. The Morgan fingerprint density at radius 2 is 2.00 bits per heavy atom. The first-order valence-corrected chi connectivity index (χ1v) is 9.67. The average molecular weight is 347 g/mol. The molecule has 0 saturated heterocycles. The van der Waals surface area contributed by atoms with Crippen LogP contribution in [0.2, 0.25) is 0 Å². The van der Waals surface area contributed by atoms with Crippen LogP contribution in [0.1, 0.15) is 54.2 Å². The van der Waals surface area contributed by atoms with Gasteiger partial charge in [0.25, 0.3) is 0 Å². The topological polar surface area (TPSA) is 102 Å². The van der Waals surface area contributed by atoms with Crippen LogP contribution in [-0.4, -0.2) is 34.3 Å². The first-order chi connectivity index (χ1) is 11.5. The molecule has 0 aromatic carbocycles. The van der Waals surface area contributed by atoms with E-state index in [4.69, 9.17) is 0 Å². The van der Waals surface area contributed by atoms with Crippen molar-refractivity contribution in [2.45, 2.75) is 48.9 Å². The lowest BCUT2D eigenvalue weighted by atomic mass is 9.95. The first-order valence-electron chi connectivity index (χ1n) is 8.02. The predicted octanol–water partition coefficient (Wildman–Crippen LogP) is 2.44. The van der Waals surface area contributed by atoms with Crippen LogP contribution in [0.5, 0.6) is 0 Å². The lowest BCUT2D eigenvalue weighted by molar-refractivity contribution is 0.0688. The zero-order valence-electron chi connectivity index (χ0n) is 13.0. The number of hydrogen-bond donors (Lipinski definition) is 1. The summed E-state index contributed by atoms with van der Waals surface area (Å²) in [6.45, 7) is 0. The molecule has 1 aliphatic heterocycles. The Kier molecular flexibility index (Phi) is 3.45. The van der Waals surface area contributed by atoms with E-state index in [0.717, 1.165) is 32.1 Å². The molecule has 126 valence electrons. The number of carbonyl (C=O) groups is 1. The summed E-state index contributed by atoms with van der Waals surface area (Å²) in [6, 6.07) is 3.46. The Balaban J connectivity index is 2.00. The number of aromatic carboxylic acids is 1. The summed E-state index contributed by atoms with van der Waals surface area (Å²) in [7, 11) is -3.66. The van der Waals surface area contributed by atoms with Crippen molar-refractivity contribution in [3.05, 3.63) is 29.6 Å². The number of nitrogens with zero attached hydrogens (tertiary/aromatic N) is 3. The minimum atomic E-state index is -3.66. The van der Waals surface area contributed by atoms with Crippen LogP contribution >= 0.6 is 0 Å². The fourth-order valence-corrected chi connectivity index (χ4v) is 5.24. The Bertz CT molecular complexity index is 927. The van der Waals surface area contributed by atoms with E-state index in [1.165, 1.54) is 6.20 Å². The second-order valence-corrected chi connectivity index (χ2v) is 8.24. The van der Waals surface area contributed by atoms with Crippen LogP contribution < -0.4 is 0 Å². The second kappa shape index (κ2) is 5.41. The lowest BCUT2D eigenvalue weighted by Crippen LogP contribution is -2.19. The number of pyridine rings is 1. The molecule has 0 radical (unpaired) electrons. The van der Waals surface area contributed by atoms with Crippen LogP contribution in [-0.2, 0) is 15.6 Å². The van der Waals surface area contributed by atoms with Crippen molar-refractivity contribution in [3.8, 4) is 11.3 Å². The molecule has 0 amide bonds. The normalized spacial score (nSPS) is 19.5. The van der Waals surface area contributed by atoms with Gasteiger partial charge in [-0.25, -0.2) is 18.2 Å². The molecule has 8 heteroatoms. The van der Waals surface area contributed by atoms with Gasteiger partial charge < -0.3 is 5.11 Å². The minimum Gasteiger partial charge on any atom is -0.476 e. The molecule has 24 heavy (non-hydrogen) atoms. The van der Waals surface area contributed by atoms with Crippen molar-refractivity contribution in [2.24, 2.45) is 0 Å². The fraction of sp³-hybridized carbons (Fsp3) is 0.438. The number of rotatable bonds is 2. The van der Waals surface area contributed by atoms with Gasteiger partial charge in [-0.15, -0.1) is 0 Å². The monoisotopic (exact) mass is 347 g/mol. The standard InChI is InChI=1S/C16H17N3O4S/c20-16(21)13-12-9-24(22,23)15-11(7-4-8-17-15)14(12)19(18-13)10-5-2-1-3-6-10/h4,7-8,10H,1-3,5-6,9H2,(H,20,21). The molecule has 7 nitrogen and oxygen atoms in total. The van der Waals surface area contributed by atoms with Gasteiger partial charge >= 0.3 is 5.97 Å². The third kappa shape index (κ3) is 2.24. The molecule has 1 saturated carbocycles. The second-order valence-electron chi connectivity index (χ2n) is 6.33. The van der Waals surface area contributed by atoms with Crippen LogP contribution in [0.3, 0.4) is 0 Å². The highest BCUT2D eigenvalue weighted by atomic mass is 32.2. The van der Waals surface area contributed by atoms with Crippen molar-refractivity contribution >= 4 is 15.8 Å². The Morgan fingerprint density at radius 3 is 2.71 bits per heavy atom. The van der Waals surface area contributed by atoms with E-state index in [2.05, 4.69) is 10.1 Å². The van der Waals surface area contributed by atoms with Crippen LogP contribution in [0, 0.1) is 0 Å². The number of carboxylic acids is 1. The average Bonchev–Trinajstić information content (AvgIpc) is 2.95. The highest BCUT2D eigenvalue weighted by molar-refractivity contribution is 7.90. The molecular weight excluding hydrogens is 330 g/mol. The molecule has 0 bridgehead atoms. The summed E-state index contributed by atoms with van der Waals surface area (Å²) >= 11 is 0. The van der Waals surface area contributed by atoms with E-state index in [9.17, 15) is 18.3 Å². The number of fused-ring (bicyclic) bond motifs is 3. The molecule has 2 aromatic heterocycles. The lowest BCUT2D eigenvalue weighted by Gasteiger charge is -2.26. The zero-order valence-corrected chi connectivity index (χ0v) is 13.8. The van der Waals surface area contributed by atoms with Crippen molar-refractivity contribution in [1.82, 2.24) is 14.8 Å². The minimum absolute atomic E-state index is 0.0198. The quantitative estimate of drug-likeness (QED) is 0.895. The summed E-state index contributed by atoms with van der Waals surface area (Å²) in [4.78, 5) is 15.6. The van der Waals surface area contributed by atoms with Gasteiger partial charge in [0.2, 0.25) is 9.84 Å². The summed E-state index contributed by atoms with van der Waals surface area (Å²) < 4.78 is 26.8. The summed E-state index contributed by atoms with van der Waals surface area (Å²) in [5.74, 6) is -1.55. The highest BCUT2D eigenvalue weighted by Crippen LogP contribution is 2.41. The van der Waals surface area contributed by atoms with Gasteiger partial charge in [0.05, 0.1) is 17.5 Å². The van der Waals surface area contributed by atoms with E-state index < -0.39 is 15.8 Å². The van der Waals surface area contributed by atoms with Crippen molar-refractivity contribution in [3.63, 3.8) is 0 Å². The van der Waals surface area contributed by atoms with Crippen molar-refractivity contribution in [2.75, 3.05) is 0 Å². The third-order valence-electron chi connectivity index (χ3n) is 4.79. The molecule has 1 fully saturated rings. The number of sulfone groups is 1. The number of hydrogen-bond acceptors (Lipinski definition) is 5. The Hall–Kier alpha value is -2.22. The van der Waals surface area contributed by atoms with Gasteiger partial charge in [-0.1, -0.05) is 19.3 Å². The smallest absolute Gasteiger partial charge is 0.356 e. The summed E-state index contributed by atoms with van der Waals surface area (Å²) in [5, 5.41) is 13.8. The zero-order chi connectivity index (χ0) is 16.9. The fourth-order valence-electron chi connectivity index (χ4n) is 3.73. The Morgan fingerprint density at radius 1 is 1.25 bits per heavy atom. The number of carboxylic acid groups (broad SMARTS) is 1. The van der Waals surface area contributed by atoms with Gasteiger partial charge in [-0.3, -0.25) is 4.68 Å². The van der Waals surface area contributed by atoms with E-state index in [0.29, 0.717) is 11.3 Å². The third-order valence-corrected chi connectivity index (χ3v) is 6.37. The van der Waals surface area contributed by atoms with Gasteiger partial charge in [0, 0.05) is 17.3 Å². The molecular formula is C16H17N3O4S. The van der Waals surface area contributed by atoms with E-state index in [-0.39, 0.29) is 28.1 Å². The van der Waals surface area contributed by atoms with Crippen molar-refractivity contribution < 1.29 is 18.3 Å². The maximum Gasteiger partial charge on any atom is 0.356 e. The predicted molar refractivity (Wildman–Crippen MR) is 85.4 cm³/mol. The molecule has 4 rings (SSSR count). The largest absolute Gasteiger partial charge is 0.476 e.